The molecule has 0 fully saturated rings. The van der Waals surface area contributed by atoms with Gasteiger partial charge in [-0.05, 0) is 55.0 Å². The van der Waals surface area contributed by atoms with Crippen LogP contribution in [0.1, 0.15) is 12.6 Å². The van der Waals surface area contributed by atoms with Gasteiger partial charge in [0.1, 0.15) is 12.4 Å². The van der Waals surface area contributed by atoms with Crippen LogP contribution < -0.4 is 0 Å². The van der Waals surface area contributed by atoms with E-state index in [1.54, 1.807) is 43.3 Å². The van der Waals surface area contributed by atoms with Crippen molar-refractivity contribution < 1.29 is 22.1 Å². The van der Waals surface area contributed by atoms with Gasteiger partial charge in [0.25, 0.3) is 0 Å². The lowest BCUT2D eigenvalue weighted by Gasteiger charge is -2.16. The maximum atomic E-state index is 13.8. The molecule has 1 atom stereocenters. The summed E-state index contributed by atoms with van der Waals surface area (Å²) in [7, 11) is -1.87. The number of hydrogen-bond acceptors (Lipinski definition) is 2. The van der Waals surface area contributed by atoms with Gasteiger partial charge >= 0.3 is 6.18 Å². The average molecular weight is 462 g/mol. The molecule has 29 heavy (non-hydrogen) atoms. The van der Waals surface area contributed by atoms with E-state index in [-0.39, 0.29) is 23.9 Å². The minimum absolute atomic E-state index is 0.0293. The first-order valence-corrected chi connectivity index (χ1v) is 10.4. The summed E-state index contributed by atoms with van der Waals surface area (Å²) < 4.78 is 60.7. The van der Waals surface area contributed by atoms with Crippen molar-refractivity contribution in [3.8, 4) is 11.3 Å². The number of aromatic nitrogens is 1. The van der Waals surface area contributed by atoms with E-state index in [9.17, 15) is 17.4 Å². The minimum Gasteiger partial charge on any atom is -0.361 e. The number of hydrogen-bond donors (Lipinski definition) is 0. The highest BCUT2D eigenvalue weighted by molar-refractivity contribution is 7.85. The molecule has 3 rings (SSSR count). The van der Waals surface area contributed by atoms with Crippen molar-refractivity contribution in [3.05, 3.63) is 70.3 Å². The lowest BCUT2D eigenvalue weighted by Crippen LogP contribution is -2.16. The lowest BCUT2D eigenvalue weighted by atomic mass is 10.1. The van der Waals surface area contributed by atoms with Crippen LogP contribution >= 0.6 is 23.2 Å². The molecule has 2 aromatic carbocycles. The van der Waals surface area contributed by atoms with Crippen LogP contribution in [-0.2, 0) is 28.4 Å². The normalized spacial score (nSPS) is 12.9. The Morgan fingerprint density at radius 3 is 2.07 bits per heavy atom. The van der Waals surface area contributed by atoms with Gasteiger partial charge < -0.3 is 9.30 Å². The summed E-state index contributed by atoms with van der Waals surface area (Å²) in [6.07, 6.45) is -4.65. The summed E-state index contributed by atoms with van der Waals surface area (Å²) in [6, 6.07) is 13.3. The number of halogens is 5. The van der Waals surface area contributed by atoms with Crippen molar-refractivity contribution in [2.75, 3.05) is 6.61 Å². The molecule has 1 unspecified atom stereocenters. The van der Waals surface area contributed by atoms with Crippen LogP contribution in [0.5, 0.6) is 0 Å². The molecule has 0 amide bonds. The maximum Gasteiger partial charge on any atom is 0.431 e. The van der Waals surface area contributed by atoms with Gasteiger partial charge in [0.2, 0.25) is 0 Å². The first kappa shape index (κ1) is 21.9. The van der Waals surface area contributed by atoms with E-state index in [2.05, 4.69) is 0 Å². The number of ether oxygens (including phenoxy) is 1. The van der Waals surface area contributed by atoms with Gasteiger partial charge in [-0.2, -0.15) is 13.2 Å². The van der Waals surface area contributed by atoms with Gasteiger partial charge in [-0.3, -0.25) is 0 Å². The Hall–Kier alpha value is -1.80. The Balaban J connectivity index is 2.25. The van der Waals surface area contributed by atoms with Gasteiger partial charge in [-0.15, -0.1) is 0 Å². The van der Waals surface area contributed by atoms with E-state index in [4.69, 9.17) is 27.9 Å². The van der Waals surface area contributed by atoms with E-state index < -0.39 is 22.7 Å². The van der Waals surface area contributed by atoms with Crippen molar-refractivity contribution in [2.45, 2.75) is 29.6 Å². The molecule has 0 N–H and O–H groups in total. The number of nitrogens with zero attached hydrogens (tertiary/aromatic N) is 1. The van der Waals surface area contributed by atoms with Crippen LogP contribution in [-0.4, -0.2) is 15.4 Å². The van der Waals surface area contributed by atoms with Gasteiger partial charge in [-0.1, -0.05) is 35.3 Å². The first-order chi connectivity index (χ1) is 13.7. The standard InChI is InChI=1S/C20H16Cl2F3NO2S/c1-2-28-12-26-18(20(23,24)25)11-17(19(26)13-3-5-14(21)6-4-13)29(27)16-9-7-15(22)8-10-16/h3-11H,2,12H2,1H3. The zero-order valence-corrected chi connectivity index (χ0v) is 17.5. The molecule has 0 aliphatic heterocycles. The average Bonchev–Trinajstić information content (AvgIpc) is 3.07. The summed E-state index contributed by atoms with van der Waals surface area (Å²) in [5, 5.41) is 0.877. The molecule has 0 spiro atoms. The Morgan fingerprint density at radius 1 is 1.00 bits per heavy atom. The molecular weight excluding hydrogens is 446 g/mol. The summed E-state index contributed by atoms with van der Waals surface area (Å²) in [6.45, 7) is 1.58. The zero-order valence-electron chi connectivity index (χ0n) is 15.2. The summed E-state index contributed by atoms with van der Waals surface area (Å²) in [4.78, 5) is 0.369. The molecule has 3 nitrogen and oxygen atoms in total. The number of alkyl halides is 3. The van der Waals surface area contributed by atoms with Gasteiger partial charge in [0.05, 0.1) is 21.4 Å². The number of rotatable bonds is 6. The van der Waals surface area contributed by atoms with E-state index >= 15 is 0 Å². The summed E-state index contributed by atoms with van der Waals surface area (Å²) in [5.74, 6) is 0. The van der Waals surface area contributed by atoms with E-state index in [1.807, 2.05) is 0 Å². The second-order valence-electron chi connectivity index (χ2n) is 6.02. The maximum absolute atomic E-state index is 13.8. The third-order valence-corrected chi connectivity index (χ3v) is 6.04. The van der Waals surface area contributed by atoms with Crippen LogP contribution in [0.4, 0.5) is 13.2 Å². The fourth-order valence-corrected chi connectivity index (χ4v) is 4.32. The summed E-state index contributed by atoms with van der Waals surface area (Å²) >= 11 is 11.8. The van der Waals surface area contributed by atoms with E-state index in [0.717, 1.165) is 10.6 Å². The molecule has 1 aromatic heterocycles. The molecule has 3 aromatic rings. The minimum atomic E-state index is -4.65. The van der Waals surface area contributed by atoms with Crippen molar-refractivity contribution in [3.63, 3.8) is 0 Å². The third kappa shape index (κ3) is 4.86. The van der Waals surface area contributed by atoms with Crippen LogP contribution in [0.15, 0.2) is 64.4 Å². The Labute approximate surface area is 178 Å². The zero-order chi connectivity index (χ0) is 21.2. The molecule has 0 saturated heterocycles. The predicted octanol–water partition coefficient (Wildman–Crippen LogP) is 6.64. The smallest absolute Gasteiger partial charge is 0.361 e. The highest BCUT2D eigenvalue weighted by Crippen LogP contribution is 2.39. The second-order valence-corrected chi connectivity index (χ2v) is 8.34. The SMILES string of the molecule is CCOCn1c(C(F)(F)F)cc(S(=O)c2ccc(Cl)cc2)c1-c1ccc(Cl)cc1. The van der Waals surface area contributed by atoms with E-state index in [0.29, 0.717) is 20.5 Å². The first-order valence-electron chi connectivity index (χ1n) is 8.54. The molecule has 0 aliphatic rings. The fraction of sp³-hybridized carbons (Fsp3) is 0.200. The van der Waals surface area contributed by atoms with Gasteiger partial charge in [0, 0.05) is 21.5 Å². The topological polar surface area (TPSA) is 31.2 Å². The Bertz CT molecular complexity index is 1020. The molecule has 0 saturated carbocycles. The van der Waals surface area contributed by atoms with Crippen molar-refractivity contribution >= 4 is 34.0 Å². The summed E-state index contributed by atoms with van der Waals surface area (Å²) in [5.41, 5.74) is -0.328. The van der Waals surface area contributed by atoms with Crippen molar-refractivity contribution in [1.29, 1.82) is 0 Å². The fourth-order valence-electron chi connectivity index (χ4n) is 2.81. The predicted molar refractivity (Wildman–Crippen MR) is 108 cm³/mol. The van der Waals surface area contributed by atoms with Crippen LogP contribution in [0.3, 0.4) is 0 Å². The Morgan fingerprint density at radius 2 is 1.55 bits per heavy atom. The monoisotopic (exact) mass is 461 g/mol. The van der Waals surface area contributed by atoms with Gasteiger partial charge in [-0.25, -0.2) is 4.21 Å². The van der Waals surface area contributed by atoms with E-state index in [1.165, 1.54) is 12.1 Å². The molecule has 154 valence electrons. The highest BCUT2D eigenvalue weighted by Gasteiger charge is 2.38. The van der Waals surface area contributed by atoms with Crippen LogP contribution in [0.2, 0.25) is 10.0 Å². The molecule has 0 aliphatic carbocycles. The molecule has 9 heteroatoms. The van der Waals surface area contributed by atoms with Crippen LogP contribution in [0, 0.1) is 0 Å². The molecule has 0 bridgehead atoms. The Kier molecular flexibility index (Phi) is 6.73. The van der Waals surface area contributed by atoms with Crippen molar-refractivity contribution in [2.24, 2.45) is 0 Å². The highest BCUT2D eigenvalue weighted by atomic mass is 35.5. The van der Waals surface area contributed by atoms with Crippen LogP contribution in [0.25, 0.3) is 11.3 Å². The lowest BCUT2D eigenvalue weighted by molar-refractivity contribution is -0.145. The second kappa shape index (κ2) is 8.92. The molecule has 0 radical (unpaired) electrons. The largest absolute Gasteiger partial charge is 0.431 e. The van der Waals surface area contributed by atoms with Crippen molar-refractivity contribution in [1.82, 2.24) is 4.57 Å². The quantitative estimate of drug-likeness (QED) is 0.411. The molecular formula is C20H16Cl2F3NO2S. The van der Waals surface area contributed by atoms with Gasteiger partial charge in [0.15, 0.2) is 0 Å². The molecule has 1 heterocycles. The number of benzene rings is 2. The third-order valence-electron chi connectivity index (χ3n) is 4.12.